The first-order chi connectivity index (χ1) is 15.8. The lowest BCUT2D eigenvalue weighted by Crippen LogP contribution is -2.35. The van der Waals surface area contributed by atoms with E-state index in [0.29, 0.717) is 17.2 Å². The van der Waals surface area contributed by atoms with E-state index in [0.717, 1.165) is 36.5 Å². The van der Waals surface area contributed by atoms with E-state index in [1.165, 1.54) is 12.0 Å². The van der Waals surface area contributed by atoms with Gasteiger partial charge >= 0.3 is 0 Å². The van der Waals surface area contributed by atoms with Crippen LogP contribution >= 0.6 is 0 Å². The molecule has 2 aromatic heterocycles. The van der Waals surface area contributed by atoms with Crippen molar-refractivity contribution in [2.24, 2.45) is 0 Å². The van der Waals surface area contributed by atoms with Gasteiger partial charge in [0.2, 0.25) is 5.78 Å². The monoisotopic (exact) mass is 419 g/mol. The van der Waals surface area contributed by atoms with E-state index in [1.54, 1.807) is 18.5 Å². The van der Waals surface area contributed by atoms with E-state index in [2.05, 4.69) is 40.2 Å². The molecular weight excluding hydrogens is 394 g/mol. The second-order valence-corrected chi connectivity index (χ2v) is 8.23. The van der Waals surface area contributed by atoms with Gasteiger partial charge in [-0.2, -0.15) is 0 Å². The minimum Gasteiger partial charge on any atom is -0.356 e. The Bertz CT molecular complexity index is 1210. The molecule has 3 heterocycles. The summed E-state index contributed by atoms with van der Waals surface area (Å²) in [7, 11) is 0. The summed E-state index contributed by atoms with van der Waals surface area (Å²) in [6.45, 7) is 1.87. The van der Waals surface area contributed by atoms with Crippen LogP contribution in [0.1, 0.15) is 40.4 Å². The van der Waals surface area contributed by atoms with Gasteiger partial charge < -0.3 is 4.90 Å². The summed E-state index contributed by atoms with van der Waals surface area (Å²) in [6.07, 6.45) is 5.70. The standard InChI is InChI=1S/C28H25N3O/c32-28(25-17-24(18-29-19-25)22-11-5-2-6-12-22)26-14-7-15-27(30-26)31-16-8-13-23(20-31)21-9-3-1-4-10-21/h1-7,9-12,14-15,17-19,23H,8,13,16,20H2. The number of anilines is 1. The molecule has 0 aliphatic carbocycles. The zero-order chi connectivity index (χ0) is 21.8. The molecule has 4 heteroatoms. The van der Waals surface area contributed by atoms with Crippen LogP contribution in [0.4, 0.5) is 5.82 Å². The summed E-state index contributed by atoms with van der Waals surface area (Å²) in [4.78, 5) is 24.6. The largest absolute Gasteiger partial charge is 0.356 e. The summed E-state index contributed by atoms with van der Waals surface area (Å²) in [5.41, 5.74) is 4.34. The van der Waals surface area contributed by atoms with Gasteiger partial charge in [-0.05, 0) is 42.2 Å². The van der Waals surface area contributed by atoms with Crippen LogP contribution in [0.5, 0.6) is 0 Å². The van der Waals surface area contributed by atoms with Crippen molar-refractivity contribution in [3.05, 3.63) is 114 Å². The molecule has 0 spiro atoms. The Hall–Kier alpha value is -3.79. The SMILES string of the molecule is O=C(c1cncc(-c2ccccc2)c1)c1cccc(N2CCCC(c3ccccc3)C2)n1. The van der Waals surface area contributed by atoms with Crippen molar-refractivity contribution < 1.29 is 4.79 Å². The minimum absolute atomic E-state index is 0.103. The number of pyridine rings is 2. The Kier molecular flexibility index (Phi) is 5.75. The fraction of sp³-hybridized carbons (Fsp3) is 0.179. The van der Waals surface area contributed by atoms with E-state index in [1.807, 2.05) is 48.5 Å². The first-order valence-electron chi connectivity index (χ1n) is 11.1. The van der Waals surface area contributed by atoms with Gasteiger partial charge in [-0.3, -0.25) is 9.78 Å². The summed E-state index contributed by atoms with van der Waals surface area (Å²) >= 11 is 0. The molecule has 1 aliphatic heterocycles. The maximum absolute atomic E-state index is 13.2. The van der Waals surface area contributed by atoms with E-state index in [-0.39, 0.29) is 5.78 Å². The molecule has 0 saturated carbocycles. The second kappa shape index (κ2) is 9.15. The Morgan fingerprint density at radius 2 is 1.62 bits per heavy atom. The Balaban J connectivity index is 1.38. The lowest BCUT2D eigenvalue weighted by atomic mass is 9.90. The van der Waals surface area contributed by atoms with Crippen LogP contribution in [0.2, 0.25) is 0 Å². The van der Waals surface area contributed by atoms with Crippen LogP contribution in [0, 0.1) is 0 Å². The number of hydrogen-bond acceptors (Lipinski definition) is 4. The van der Waals surface area contributed by atoms with Gasteiger partial charge in [0.15, 0.2) is 0 Å². The lowest BCUT2D eigenvalue weighted by Gasteiger charge is -2.34. The van der Waals surface area contributed by atoms with Crippen molar-refractivity contribution >= 4 is 11.6 Å². The normalized spacial score (nSPS) is 16.0. The van der Waals surface area contributed by atoms with Gasteiger partial charge in [0, 0.05) is 42.5 Å². The molecule has 1 atom stereocenters. The van der Waals surface area contributed by atoms with E-state index < -0.39 is 0 Å². The van der Waals surface area contributed by atoms with Gasteiger partial charge in [-0.1, -0.05) is 66.7 Å². The molecule has 1 fully saturated rings. The number of rotatable bonds is 5. The third kappa shape index (κ3) is 4.30. The van der Waals surface area contributed by atoms with E-state index >= 15 is 0 Å². The average Bonchev–Trinajstić information content (AvgIpc) is 2.89. The van der Waals surface area contributed by atoms with E-state index in [9.17, 15) is 4.79 Å². The highest BCUT2D eigenvalue weighted by Crippen LogP contribution is 2.29. The summed E-state index contributed by atoms with van der Waals surface area (Å²) < 4.78 is 0. The molecule has 1 aliphatic rings. The molecule has 5 rings (SSSR count). The molecule has 158 valence electrons. The number of aromatic nitrogens is 2. The van der Waals surface area contributed by atoms with Crippen molar-refractivity contribution in [2.45, 2.75) is 18.8 Å². The third-order valence-corrected chi connectivity index (χ3v) is 6.09. The van der Waals surface area contributed by atoms with Crippen molar-refractivity contribution in [2.75, 3.05) is 18.0 Å². The number of benzene rings is 2. The lowest BCUT2D eigenvalue weighted by molar-refractivity contribution is 0.103. The zero-order valence-corrected chi connectivity index (χ0v) is 17.9. The van der Waals surface area contributed by atoms with Crippen molar-refractivity contribution in [3.8, 4) is 11.1 Å². The summed E-state index contributed by atoms with van der Waals surface area (Å²) in [6, 6.07) is 28.3. The maximum Gasteiger partial charge on any atom is 0.212 e. The topological polar surface area (TPSA) is 46.1 Å². The highest BCUT2D eigenvalue weighted by atomic mass is 16.1. The molecule has 1 saturated heterocycles. The van der Waals surface area contributed by atoms with Crippen LogP contribution in [-0.2, 0) is 0 Å². The van der Waals surface area contributed by atoms with Gasteiger partial charge in [-0.15, -0.1) is 0 Å². The molecule has 4 aromatic rings. The first-order valence-corrected chi connectivity index (χ1v) is 11.1. The van der Waals surface area contributed by atoms with Gasteiger partial charge in [0.25, 0.3) is 0 Å². The number of carbonyl (C=O) groups is 1. The minimum atomic E-state index is -0.103. The molecule has 0 amide bonds. The summed E-state index contributed by atoms with van der Waals surface area (Å²) in [5.74, 6) is 1.25. The number of piperidine rings is 1. The number of nitrogens with zero attached hydrogens (tertiary/aromatic N) is 3. The van der Waals surface area contributed by atoms with Gasteiger partial charge in [0.05, 0.1) is 0 Å². The highest BCUT2D eigenvalue weighted by molar-refractivity contribution is 6.08. The molecule has 32 heavy (non-hydrogen) atoms. The smallest absolute Gasteiger partial charge is 0.212 e. The molecule has 4 nitrogen and oxygen atoms in total. The third-order valence-electron chi connectivity index (χ3n) is 6.09. The molecular formula is C28H25N3O. The Morgan fingerprint density at radius 1 is 0.844 bits per heavy atom. The molecule has 0 N–H and O–H groups in total. The van der Waals surface area contributed by atoms with E-state index in [4.69, 9.17) is 4.98 Å². The fourth-order valence-electron chi connectivity index (χ4n) is 4.41. The molecule has 2 aromatic carbocycles. The Labute approximate surface area is 188 Å². The van der Waals surface area contributed by atoms with Crippen LogP contribution in [0.25, 0.3) is 11.1 Å². The zero-order valence-electron chi connectivity index (χ0n) is 17.9. The van der Waals surface area contributed by atoms with Crippen LogP contribution in [0.3, 0.4) is 0 Å². The van der Waals surface area contributed by atoms with Crippen molar-refractivity contribution in [1.82, 2.24) is 9.97 Å². The first kappa shape index (κ1) is 20.1. The van der Waals surface area contributed by atoms with Crippen LogP contribution < -0.4 is 4.90 Å². The second-order valence-electron chi connectivity index (χ2n) is 8.23. The Morgan fingerprint density at radius 3 is 2.44 bits per heavy atom. The van der Waals surface area contributed by atoms with Crippen LogP contribution in [-0.4, -0.2) is 28.8 Å². The van der Waals surface area contributed by atoms with Crippen LogP contribution in [0.15, 0.2) is 97.3 Å². The van der Waals surface area contributed by atoms with Crippen molar-refractivity contribution in [1.29, 1.82) is 0 Å². The van der Waals surface area contributed by atoms with Gasteiger partial charge in [-0.25, -0.2) is 4.98 Å². The molecule has 1 unspecified atom stereocenters. The van der Waals surface area contributed by atoms with Gasteiger partial charge in [0.1, 0.15) is 11.5 Å². The number of hydrogen-bond donors (Lipinski definition) is 0. The number of carbonyl (C=O) groups excluding carboxylic acids is 1. The van der Waals surface area contributed by atoms with Crippen molar-refractivity contribution in [3.63, 3.8) is 0 Å². The predicted molar refractivity (Wildman–Crippen MR) is 128 cm³/mol. The predicted octanol–water partition coefficient (Wildman–Crippen LogP) is 5.76. The molecule has 0 bridgehead atoms. The molecule has 0 radical (unpaired) electrons. The maximum atomic E-state index is 13.2. The summed E-state index contributed by atoms with van der Waals surface area (Å²) in [5, 5.41) is 0. The fourth-order valence-corrected chi connectivity index (χ4v) is 4.41. The number of ketones is 1. The highest BCUT2D eigenvalue weighted by Gasteiger charge is 2.23. The quantitative estimate of drug-likeness (QED) is 0.386. The average molecular weight is 420 g/mol.